The molecule has 2 aromatic rings. The maximum Gasteiger partial charge on any atom is 0.228 e. The minimum Gasteiger partial charge on any atom is -0.420 e. The molecule has 0 spiro atoms. The summed E-state index contributed by atoms with van der Waals surface area (Å²) in [6.07, 6.45) is 0.849. The topological polar surface area (TPSA) is 38.8 Å². The fourth-order valence-electron chi connectivity index (χ4n) is 4.54. The Kier molecular flexibility index (Phi) is 8.69. The van der Waals surface area contributed by atoms with E-state index < -0.39 is 9.04 Å². The summed E-state index contributed by atoms with van der Waals surface area (Å²) in [6.45, 7) is 13.7. The molecule has 1 heterocycles. The Hall–Kier alpha value is -1.95. The van der Waals surface area contributed by atoms with E-state index in [1.165, 1.54) is 11.1 Å². The molecule has 32 heavy (non-hydrogen) atoms. The number of likely N-dealkylation sites (tertiary alicyclic amines) is 1. The van der Waals surface area contributed by atoms with Crippen LogP contribution in [0.25, 0.3) is 0 Å². The van der Waals surface area contributed by atoms with E-state index in [0.29, 0.717) is 26.4 Å². The van der Waals surface area contributed by atoms with Crippen LogP contribution in [-0.4, -0.2) is 39.1 Å². The van der Waals surface area contributed by atoms with E-state index >= 15 is 0 Å². The number of benzene rings is 2. The molecule has 0 radical (unpaired) electrons. The largest absolute Gasteiger partial charge is 0.420 e. The normalized spacial score (nSPS) is 19.8. The van der Waals surface area contributed by atoms with Crippen LogP contribution < -0.4 is 0 Å². The van der Waals surface area contributed by atoms with Crippen molar-refractivity contribution < 1.29 is 14.0 Å². The lowest BCUT2D eigenvalue weighted by Crippen LogP contribution is -2.65. The number of β-lactam (4-membered cyclic amide) rings is 1. The van der Waals surface area contributed by atoms with E-state index in [9.17, 15) is 4.79 Å². The number of ether oxygens (including phenoxy) is 1. The Morgan fingerprint density at radius 1 is 0.969 bits per heavy atom. The van der Waals surface area contributed by atoms with E-state index in [-0.39, 0.29) is 29.2 Å². The van der Waals surface area contributed by atoms with Crippen LogP contribution in [0.2, 0.25) is 13.1 Å². The molecule has 1 fully saturated rings. The van der Waals surface area contributed by atoms with Crippen LogP contribution in [0.15, 0.2) is 60.7 Å². The molecule has 4 nitrogen and oxygen atoms in total. The van der Waals surface area contributed by atoms with Gasteiger partial charge in [-0.25, -0.2) is 0 Å². The Balaban J connectivity index is 1.70. The van der Waals surface area contributed by atoms with Gasteiger partial charge in [0.25, 0.3) is 0 Å². The Morgan fingerprint density at radius 3 is 2.12 bits per heavy atom. The molecule has 3 atom stereocenters. The lowest BCUT2D eigenvalue weighted by molar-refractivity contribution is -0.169. The van der Waals surface area contributed by atoms with Crippen molar-refractivity contribution in [3.05, 3.63) is 71.8 Å². The first-order chi connectivity index (χ1) is 15.3. The van der Waals surface area contributed by atoms with Crippen molar-refractivity contribution >= 4 is 14.9 Å². The van der Waals surface area contributed by atoms with Crippen LogP contribution in [0.4, 0.5) is 0 Å². The summed E-state index contributed by atoms with van der Waals surface area (Å²) in [5, 5.41) is 0. The number of carbonyl (C=O) groups excluding carboxylic acids is 1. The fraction of sp³-hybridized carbons (Fsp3) is 0.519. The highest BCUT2D eigenvalue weighted by Gasteiger charge is 2.53. The number of carbonyl (C=O) groups is 1. The lowest BCUT2D eigenvalue weighted by Gasteiger charge is -2.53. The molecule has 174 valence electrons. The molecule has 0 N–H and O–H groups in total. The molecular weight excluding hydrogens is 414 g/mol. The molecule has 1 aliphatic rings. The molecule has 0 aromatic heterocycles. The van der Waals surface area contributed by atoms with Crippen LogP contribution in [0.3, 0.4) is 0 Å². The van der Waals surface area contributed by atoms with Gasteiger partial charge in [-0.1, -0.05) is 81.4 Å². The quantitative estimate of drug-likeness (QED) is 0.264. The van der Waals surface area contributed by atoms with E-state index in [1.54, 1.807) is 0 Å². The van der Waals surface area contributed by atoms with Crippen LogP contribution >= 0.6 is 0 Å². The monoisotopic (exact) mass is 453 g/mol. The Bertz CT molecular complexity index is 835. The highest BCUT2D eigenvalue weighted by atomic mass is 28.3. The summed E-state index contributed by atoms with van der Waals surface area (Å²) in [6, 6.07) is 20.7. The number of rotatable bonds is 11. The maximum atomic E-state index is 13.4. The zero-order valence-electron chi connectivity index (χ0n) is 20.3. The van der Waals surface area contributed by atoms with Gasteiger partial charge in [0, 0.05) is 25.8 Å². The van der Waals surface area contributed by atoms with Crippen molar-refractivity contribution in [3.63, 3.8) is 0 Å². The fourth-order valence-corrected chi connectivity index (χ4v) is 5.13. The minimum atomic E-state index is -1.15. The van der Waals surface area contributed by atoms with Crippen molar-refractivity contribution in [2.75, 3.05) is 13.2 Å². The first-order valence-corrected chi connectivity index (χ1v) is 14.6. The number of hydrogen-bond donors (Lipinski definition) is 0. The van der Waals surface area contributed by atoms with Crippen molar-refractivity contribution in [3.8, 4) is 0 Å². The number of hydrogen-bond acceptors (Lipinski definition) is 3. The van der Waals surface area contributed by atoms with Crippen molar-refractivity contribution in [2.45, 2.75) is 59.5 Å². The second kappa shape index (κ2) is 11.3. The van der Waals surface area contributed by atoms with E-state index in [2.05, 4.69) is 63.0 Å². The Morgan fingerprint density at radius 2 is 1.56 bits per heavy atom. The van der Waals surface area contributed by atoms with Gasteiger partial charge in [-0.2, -0.15) is 0 Å². The van der Waals surface area contributed by atoms with Crippen LogP contribution in [0.1, 0.15) is 38.3 Å². The first-order valence-electron chi connectivity index (χ1n) is 11.8. The molecule has 0 saturated carbocycles. The van der Waals surface area contributed by atoms with Crippen molar-refractivity contribution in [2.24, 2.45) is 17.3 Å². The summed E-state index contributed by atoms with van der Waals surface area (Å²) < 4.78 is 12.2. The number of amides is 1. The standard InChI is InChI=1S/C27H39NO3Si/c1-27(2,3)23(20-31-32(4)5)25-24(16-17-30-19-22-14-10-7-11-15-22)28(26(25)29)18-21-12-8-6-9-13-21/h6-15,23-25,32H,16-20H2,1-5H3. The molecule has 5 heteroatoms. The minimum absolute atomic E-state index is 0.00555. The van der Waals surface area contributed by atoms with E-state index in [4.69, 9.17) is 9.16 Å². The van der Waals surface area contributed by atoms with Gasteiger partial charge in [0.05, 0.1) is 12.5 Å². The van der Waals surface area contributed by atoms with Gasteiger partial charge < -0.3 is 14.1 Å². The highest BCUT2D eigenvalue weighted by Crippen LogP contribution is 2.44. The third kappa shape index (κ3) is 6.53. The summed E-state index contributed by atoms with van der Waals surface area (Å²) in [7, 11) is -1.15. The van der Waals surface area contributed by atoms with Gasteiger partial charge in [-0.05, 0) is 42.0 Å². The average molecular weight is 454 g/mol. The SMILES string of the molecule is C[SiH](C)OCC(C1C(=O)N(Cc2ccccc2)C1CCOCc1ccccc1)C(C)(C)C. The second-order valence-electron chi connectivity index (χ2n) is 10.2. The second-order valence-corrected chi connectivity index (χ2v) is 12.7. The summed E-state index contributed by atoms with van der Waals surface area (Å²) in [4.78, 5) is 15.5. The maximum absolute atomic E-state index is 13.4. The molecule has 1 aliphatic heterocycles. The molecular formula is C27H39NO3Si. The van der Waals surface area contributed by atoms with E-state index in [0.717, 1.165) is 6.42 Å². The van der Waals surface area contributed by atoms with Crippen LogP contribution in [0.5, 0.6) is 0 Å². The zero-order chi connectivity index (χ0) is 23.1. The Labute approximate surface area is 195 Å². The van der Waals surface area contributed by atoms with Gasteiger partial charge >= 0.3 is 0 Å². The molecule has 3 unspecified atom stereocenters. The van der Waals surface area contributed by atoms with Crippen LogP contribution in [-0.2, 0) is 27.1 Å². The smallest absolute Gasteiger partial charge is 0.228 e. The summed E-state index contributed by atoms with van der Waals surface area (Å²) in [5.41, 5.74) is 2.36. The highest BCUT2D eigenvalue weighted by molar-refractivity contribution is 6.48. The first kappa shape index (κ1) is 24.7. The van der Waals surface area contributed by atoms with Gasteiger partial charge in [0.2, 0.25) is 5.91 Å². The third-order valence-electron chi connectivity index (χ3n) is 6.40. The van der Waals surface area contributed by atoms with Crippen molar-refractivity contribution in [1.29, 1.82) is 0 Å². The predicted octanol–water partition coefficient (Wildman–Crippen LogP) is 5.28. The van der Waals surface area contributed by atoms with Crippen LogP contribution in [0, 0.1) is 17.3 Å². The van der Waals surface area contributed by atoms with Crippen molar-refractivity contribution in [1.82, 2.24) is 4.90 Å². The lowest BCUT2D eigenvalue weighted by atomic mass is 9.66. The summed E-state index contributed by atoms with van der Waals surface area (Å²) >= 11 is 0. The number of nitrogens with zero attached hydrogens (tertiary/aromatic N) is 1. The molecule has 3 rings (SSSR count). The van der Waals surface area contributed by atoms with E-state index in [1.807, 2.05) is 36.4 Å². The summed E-state index contributed by atoms with van der Waals surface area (Å²) in [5.74, 6) is 0.457. The zero-order valence-corrected chi connectivity index (χ0v) is 21.4. The molecule has 1 amide bonds. The van der Waals surface area contributed by atoms with Gasteiger partial charge in [-0.15, -0.1) is 0 Å². The average Bonchev–Trinajstić information content (AvgIpc) is 2.76. The molecule has 2 aromatic carbocycles. The molecule has 0 aliphatic carbocycles. The van der Waals surface area contributed by atoms with Gasteiger partial charge in [0.15, 0.2) is 9.04 Å². The van der Waals surface area contributed by atoms with Gasteiger partial charge in [-0.3, -0.25) is 4.79 Å². The molecule has 0 bridgehead atoms. The predicted molar refractivity (Wildman–Crippen MR) is 133 cm³/mol. The van der Waals surface area contributed by atoms with Gasteiger partial charge in [0.1, 0.15) is 0 Å². The third-order valence-corrected chi connectivity index (χ3v) is 7.26. The molecule has 1 saturated heterocycles.